The van der Waals surface area contributed by atoms with Crippen LogP contribution < -0.4 is 0 Å². The summed E-state index contributed by atoms with van der Waals surface area (Å²) < 4.78 is 6.22. The Bertz CT molecular complexity index is 668. The molecule has 0 unspecified atom stereocenters. The van der Waals surface area contributed by atoms with Crippen LogP contribution in [0.3, 0.4) is 0 Å². The van der Waals surface area contributed by atoms with Crippen molar-refractivity contribution in [2.75, 3.05) is 0 Å². The van der Waals surface area contributed by atoms with E-state index in [1.54, 1.807) is 22.5 Å². The molecule has 1 amide bonds. The summed E-state index contributed by atoms with van der Waals surface area (Å²) in [6.45, 7) is 1.05. The molecule has 0 aromatic carbocycles. The van der Waals surface area contributed by atoms with E-state index in [0.717, 1.165) is 20.0 Å². The number of amides is 1. The first-order chi connectivity index (χ1) is 10.2. The molecule has 0 aliphatic carbocycles. The SMILES string of the molecule is O=C(c1sccc1Br)N(Cc1ccco1)Cc1cccs1. The van der Waals surface area contributed by atoms with Gasteiger partial charge in [-0.15, -0.1) is 22.7 Å². The topological polar surface area (TPSA) is 33.5 Å². The van der Waals surface area contributed by atoms with Gasteiger partial charge in [-0.3, -0.25) is 4.79 Å². The van der Waals surface area contributed by atoms with E-state index in [0.29, 0.717) is 13.1 Å². The van der Waals surface area contributed by atoms with Crippen molar-refractivity contribution in [1.29, 1.82) is 0 Å². The van der Waals surface area contributed by atoms with Gasteiger partial charge in [-0.05, 0) is 51.0 Å². The maximum absolute atomic E-state index is 12.7. The van der Waals surface area contributed by atoms with Gasteiger partial charge in [-0.25, -0.2) is 0 Å². The van der Waals surface area contributed by atoms with Gasteiger partial charge >= 0.3 is 0 Å². The highest BCUT2D eigenvalue weighted by Gasteiger charge is 2.21. The van der Waals surface area contributed by atoms with Crippen LogP contribution in [0.4, 0.5) is 0 Å². The molecule has 0 atom stereocenters. The normalized spacial score (nSPS) is 10.7. The molecule has 3 aromatic heterocycles. The molecular weight excluding hydrogens is 370 g/mol. The van der Waals surface area contributed by atoms with Crippen molar-refractivity contribution in [3.05, 3.63) is 67.3 Å². The van der Waals surface area contributed by atoms with Crippen LogP contribution in [0, 0.1) is 0 Å². The molecule has 0 aliphatic rings. The second kappa shape index (κ2) is 6.60. The van der Waals surface area contributed by atoms with Gasteiger partial charge in [0.1, 0.15) is 10.6 Å². The van der Waals surface area contributed by atoms with Crippen LogP contribution >= 0.6 is 38.6 Å². The lowest BCUT2D eigenvalue weighted by Crippen LogP contribution is -2.29. The van der Waals surface area contributed by atoms with Crippen LogP contribution in [-0.2, 0) is 13.1 Å². The highest BCUT2D eigenvalue weighted by molar-refractivity contribution is 9.10. The Morgan fingerprint density at radius 3 is 2.67 bits per heavy atom. The van der Waals surface area contributed by atoms with Crippen LogP contribution in [0.15, 0.2) is 56.2 Å². The van der Waals surface area contributed by atoms with Gasteiger partial charge in [-0.1, -0.05) is 6.07 Å². The van der Waals surface area contributed by atoms with E-state index in [9.17, 15) is 4.79 Å². The zero-order valence-corrected chi connectivity index (χ0v) is 14.2. The number of carbonyl (C=O) groups excluding carboxylic acids is 1. The molecule has 0 fully saturated rings. The fraction of sp³-hybridized carbons (Fsp3) is 0.133. The summed E-state index contributed by atoms with van der Waals surface area (Å²) in [6, 6.07) is 9.66. The van der Waals surface area contributed by atoms with Gasteiger partial charge in [-0.2, -0.15) is 0 Å². The predicted octanol–water partition coefficient (Wildman–Crippen LogP) is 5.01. The highest BCUT2D eigenvalue weighted by Crippen LogP contribution is 2.26. The number of nitrogens with zero attached hydrogens (tertiary/aromatic N) is 1. The number of carbonyl (C=O) groups is 1. The van der Waals surface area contributed by atoms with E-state index >= 15 is 0 Å². The predicted molar refractivity (Wildman–Crippen MR) is 88.6 cm³/mol. The number of halogens is 1. The number of thiophene rings is 2. The summed E-state index contributed by atoms with van der Waals surface area (Å²) in [5, 5.41) is 3.93. The van der Waals surface area contributed by atoms with E-state index in [-0.39, 0.29) is 5.91 Å². The monoisotopic (exact) mass is 381 g/mol. The smallest absolute Gasteiger partial charge is 0.265 e. The molecule has 0 radical (unpaired) electrons. The van der Waals surface area contributed by atoms with Gasteiger partial charge < -0.3 is 9.32 Å². The van der Waals surface area contributed by atoms with Crippen LogP contribution in [0.25, 0.3) is 0 Å². The molecular formula is C15H12BrNO2S2. The van der Waals surface area contributed by atoms with Crippen molar-refractivity contribution < 1.29 is 9.21 Å². The van der Waals surface area contributed by atoms with E-state index in [2.05, 4.69) is 15.9 Å². The van der Waals surface area contributed by atoms with Gasteiger partial charge in [0.2, 0.25) is 0 Å². The Balaban J connectivity index is 1.84. The second-order valence-corrected chi connectivity index (χ2v) is 7.22. The van der Waals surface area contributed by atoms with E-state index in [1.165, 1.54) is 11.3 Å². The Labute approximate surface area is 139 Å². The zero-order chi connectivity index (χ0) is 14.7. The Hall–Kier alpha value is -1.37. The third-order valence-electron chi connectivity index (χ3n) is 2.95. The lowest BCUT2D eigenvalue weighted by atomic mass is 10.3. The van der Waals surface area contributed by atoms with E-state index in [4.69, 9.17) is 4.42 Å². The molecule has 0 N–H and O–H groups in total. The Morgan fingerprint density at radius 1 is 1.14 bits per heavy atom. The largest absolute Gasteiger partial charge is 0.467 e. The summed E-state index contributed by atoms with van der Waals surface area (Å²) in [7, 11) is 0. The quantitative estimate of drug-likeness (QED) is 0.622. The Kier molecular flexibility index (Phi) is 4.57. The minimum absolute atomic E-state index is 0.0154. The first-order valence-electron chi connectivity index (χ1n) is 6.31. The zero-order valence-electron chi connectivity index (χ0n) is 11.0. The molecule has 3 rings (SSSR count). The van der Waals surface area contributed by atoms with Gasteiger partial charge in [0.15, 0.2) is 0 Å². The summed E-state index contributed by atoms with van der Waals surface area (Å²) in [5.41, 5.74) is 0. The first kappa shape index (κ1) is 14.6. The highest BCUT2D eigenvalue weighted by atomic mass is 79.9. The van der Waals surface area contributed by atoms with Gasteiger partial charge in [0.25, 0.3) is 5.91 Å². The average Bonchev–Trinajstić information content (AvgIpc) is 3.19. The minimum Gasteiger partial charge on any atom is -0.467 e. The van der Waals surface area contributed by atoms with Gasteiger partial charge in [0, 0.05) is 9.35 Å². The van der Waals surface area contributed by atoms with Crippen molar-refractivity contribution in [2.24, 2.45) is 0 Å². The third kappa shape index (κ3) is 3.45. The van der Waals surface area contributed by atoms with Crippen LogP contribution in [0.5, 0.6) is 0 Å². The molecule has 0 saturated heterocycles. The van der Waals surface area contributed by atoms with Crippen molar-refractivity contribution >= 4 is 44.5 Å². The summed E-state index contributed by atoms with van der Waals surface area (Å²) in [4.78, 5) is 16.4. The molecule has 3 aromatic rings. The number of hydrogen-bond acceptors (Lipinski definition) is 4. The molecule has 0 saturated carbocycles. The van der Waals surface area contributed by atoms with Crippen molar-refractivity contribution in [3.63, 3.8) is 0 Å². The standard InChI is InChI=1S/C15H12BrNO2S2/c16-13-5-8-21-14(13)15(18)17(9-11-3-1-6-19-11)10-12-4-2-7-20-12/h1-8H,9-10H2. The van der Waals surface area contributed by atoms with Crippen LogP contribution in [-0.4, -0.2) is 10.8 Å². The van der Waals surface area contributed by atoms with Gasteiger partial charge in [0.05, 0.1) is 19.4 Å². The maximum atomic E-state index is 12.7. The fourth-order valence-electron chi connectivity index (χ4n) is 1.97. The molecule has 0 bridgehead atoms. The molecule has 0 aliphatic heterocycles. The van der Waals surface area contributed by atoms with E-state index in [1.807, 2.05) is 41.1 Å². The van der Waals surface area contributed by atoms with Crippen LogP contribution in [0.2, 0.25) is 0 Å². The Morgan fingerprint density at radius 2 is 2.05 bits per heavy atom. The minimum atomic E-state index is 0.0154. The van der Waals surface area contributed by atoms with E-state index < -0.39 is 0 Å². The summed E-state index contributed by atoms with van der Waals surface area (Å²) in [6.07, 6.45) is 1.63. The third-order valence-corrected chi connectivity index (χ3v) is 5.64. The number of hydrogen-bond donors (Lipinski definition) is 0. The second-order valence-electron chi connectivity index (χ2n) is 4.42. The maximum Gasteiger partial charge on any atom is 0.265 e. The van der Waals surface area contributed by atoms with Crippen molar-refractivity contribution in [3.8, 4) is 0 Å². The number of furan rings is 1. The summed E-state index contributed by atoms with van der Waals surface area (Å²) in [5.74, 6) is 0.800. The fourth-order valence-corrected chi connectivity index (χ4v) is 4.20. The molecule has 0 spiro atoms. The lowest BCUT2D eigenvalue weighted by molar-refractivity contribution is 0.0723. The average molecular weight is 382 g/mol. The lowest BCUT2D eigenvalue weighted by Gasteiger charge is -2.20. The molecule has 108 valence electrons. The van der Waals surface area contributed by atoms with Crippen LogP contribution in [0.1, 0.15) is 20.3 Å². The molecule has 6 heteroatoms. The molecule has 3 nitrogen and oxygen atoms in total. The van der Waals surface area contributed by atoms with Crippen molar-refractivity contribution in [2.45, 2.75) is 13.1 Å². The summed E-state index contributed by atoms with van der Waals surface area (Å²) >= 11 is 6.53. The molecule has 21 heavy (non-hydrogen) atoms. The first-order valence-corrected chi connectivity index (χ1v) is 8.86. The number of rotatable bonds is 5. The molecule has 3 heterocycles. The van der Waals surface area contributed by atoms with Crippen molar-refractivity contribution in [1.82, 2.24) is 4.90 Å².